The summed E-state index contributed by atoms with van der Waals surface area (Å²) < 4.78 is 16.3. The van der Waals surface area contributed by atoms with Gasteiger partial charge in [-0.15, -0.1) is 0 Å². The number of aryl methyl sites for hydroxylation is 1. The third-order valence-corrected chi connectivity index (χ3v) is 5.83. The second-order valence-corrected chi connectivity index (χ2v) is 7.33. The van der Waals surface area contributed by atoms with Crippen LogP contribution in [0.3, 0.4) is 0 Å². The van der Waals surface area contributed by atoms with Gasteiger partial charge in [0.05, 0.1) is 21.6 Å². The molecule has 1 aromatic heterocycles. The summed E-state index contributed by atoms with van der Waals surface area (Å²) in [5, 5.41) is 4.32. The molecule has 0 aliphatic carbocycles. The lowest BCUT2D eigenvalue weighted by atomic mass is 10.0. The number of nitrogens with one attached hydrogen (secondary N) is 1. The Morgan fingerprint density at radius 1 is 1.32 bits per heavy atom. The van der Waals surface area contributed by atoms with Gasteiger partial charge in [-0.05, 0) is 20.4 Å². The second-order valence-electron chi connectivity index (χ2n) is 6.95. The van der Waals surface area contributed by atoms with Crippen LogP contribution in [0.5, 0.6) is 0 Å². The lowest BCUT2D eigenvalue weighted by molar-refractivity contribution is 0.261. The zero-order chi connectivity index (χ0) is 17.9. The van der Waals surface area contributed by atoms with Crippen LogP contribution < -0.4 is 15.9 Å². The Balaban J connectivity index is 2.10. The van der Waals surface area contributed by atoms with Crippen molar-refractivity contribution >= 4 is 34.0 Å². The average molecular weight is 366 g/mol. The van der Waals surface area contributed by atoms with Crippen LogP contribution in [0.4, 0.5) is 15.9 Å². The van der Waals surface area contributed by atoms with E-state index in [1.54, 1.807) is 14.0 Å². The molecule has 1 unspecified atom stereocenters. The zero-order valence-electron chi connectivity index (χ0n) is 14.6. The number of piperazine rings is 1. The fraction of sp³-hybridized carbons (Fsp3) is 0.529. The largest absolute Gasteiger partial charge is 0.383 e. The van der Waals surface area contributed by atoms with Crippen LogP contribution in [-0.2, 0) is 7.05 Å². The number of nitrogens with zero attached hydrogens (tertiary/aromatic N) is 4. The highest BCUT2D eigenvalue weighted by molar-refractivity contribution is 6.36. The summed E-state index contributed by atoms with van der Waals surface area (Å²) in [5.74, 6) is 0.0826. The molecule has 0 bridgehead atoms. The van der Waals surface area contributed by atoms with E-state index in [1.807, 2.05) is 0 Å². The van der Waals surface area contributed by atoms with Crippen LogP contribution in [0.25, 0.3) is 10.9 Å². The molecule has 4 rings (SSSR count). The summed E-state index contributed by atoms with van der Waals surface area (Å²) in [6.07, 6.45) is 0.898. The predicted molar refractivity (Wildman–Crippen MR) is 98.4 cm³/mol. The van der Waals surface area contributed by atoms with Gasteiger partial charge in [0.25, 0.3) is 0 Å². The van der Waals surface area contributed by atoms with Crippen molar-refractivity contribution in [3.63, 3.8) is 0 Å². The van der Waals surface area contributed by atoms with Gasteiger partial charge in [-0.2, -0.15) is 4.98 Å². The van der Waals surface area contributed by atoms with Crippen molar-refractivity contribution in [1.29, 1.82) is 0 Å². The Kier molecular flexibility index (Phi) is 3.88. The van der Waals surface area contributed by atoms with Crippen LogP contribution in [0.2, 0.25) is 5.02 Å². The first kappa shape index (κ1) is 16.6. The van der Waals surface area contributed by atoms with Crippen LogP contribution >= 0.6 is 11.6 Å². The lowest BCUT2D eigenvalue weighted by Gasteiger charge is -2.42. The normalized spacial score (nSPS) is 20.8. The fourth-order valence-electron chi connectivity index (χ4n) is 3.92. The van der Waals surface area contributed by atoms with Crippen molar-refractivity contribution in [2.45, 2.75) is 19.4 Å². The van der Waals surface area contributed by atoms with Gasteiger partial charge in [-0.3, -0.25) is 4.57 Å². The van der Waals surface area contributed by atoms with E-state index in [9.17, 15) is 4.79 Å². The molecule has 134 valence electrons. The van der Waals surface area contributed by atoms with E-state index >= 15 is 4.39 Å². The molecule has 2 aliphatic heterocycles. The minimum Gasteiger partial charge on any atom is -0.383 e. The van der Waals surface area contributed by atoms with Crippen molar-refractivity contribution in [2.24, 2.45) is 7.05 Å². The third-order valence-electron chi connectivity index (χ3n) is 5.36. The first-order valence-corrected chi connectivity index (χ1v) is 8.85. The number of benzene rings is 1. The molecular formula is C17H21ClFN5O. The number of anilines is 2. The maximum Gasteiger partial charge on any atom is 0.349 e. The molecule has 1 atom stereocenters. The number of halogens is 2. The maximum atomic E-state index is 15.0. The number of hydrogen-bond acceptors (Lipinski definition) is 5. The van der Waals surface area contributed by atoms with E-state index in [4.69, 9.17) is 11.6 Å². The molecule has 1 aromatic carbocycles. The molecule has 8 heteroatoms. The fourth-order valence-corrected chi connectivity index (χ4v) is 4.17. The monoisotopic (exact) mass is 365 g/mol. The standard InChI is InChI=1S/C17H21ClFN5O/c1-9-12(18)14-11-15(13(9)19)23(3)17(25)21-16(11)24-7-6-22(2)8-10(24)4-5-20-14/h10,20H,4-8H2,1-3H3. The minimum absolute atomic E-state index is 0.227. The van der Waals surface area contributed by atoms with Crippen LogP contribution in [0, 0.1) is 12.7 Å². The van der Waals surface area contributed by atoms with Crippen molar-refractivity contribution in [3.8, 4) is 0 Å². The summed E-state index contributed by atoms with van der Waals surface area (Å²) >= 11 is 6.46. The molecule has 2 aliphatic rings. The summed E-state index contributed by atoms with van der Waals surface area (Å²) in [7, 11) is 3.64. The van der Waals surface area contributed by atoms with Crippen LogP contribution in [0.15, 0.2) is 4.79 Å². The van der Waals surface area contributed by atoms with Crippen molar-refractivity contribution in [3.05, 3.63) is 26.9 Å². The molecule has 1 N–H and O–H groups in total. The maximum absolute atomic E-state index is 15.0. The number of likely N-dealkylation sites (N-methyl/N-ethyl adjacent to an activating group) is 1. The smallest absolute Gasteiger partial charge is 0.349 e. The number of aromatic nitrogens is 2. The van der Waals surface area contributed by atoms with Gasteiger partial charge in [0.1, 0.15) is 5.82 Å². The van der Waals surface area contributed by atoms with Gasteiger partial charge >= 0.3 is 5.69 Å². The Hall–Kier alpha value is -1.86. The molecule has 6 nitrogen and oxygen atoms in total. The zero-order valence-corrected chi connectivity index (χ0v) is 15.3. The molecule has 0 spiro atoms. The molecule has 1 fully saturated rings. The SMILES string of the molecule is Cc1c(Cl)c2c3c(nc(=O)n(C)c3c1F)N1CCN(C)CC1CCN2. The molecule has 0 amide bonds. The molecule has 25 heavy (non-hydrogen) atoms. The third kappa shape index (κ3) is 2.40. The van der Waals surface area contributed by atoms with Gasteiger partial charge in [-0.25, -0.2) is 9.18 Å². The van der Waals surface area contributed by atoms with Gasteiger partial charge in [0, 0.05) is 44.8 Å². The molecule has 3 heterocycles. The van der Waals surface area contributed by atoms with Crippen LogP contribution in [-0.4, -0.2) is 53.7 Å². The van der Waals surface area contributed by atoms with Gasteiger partial charge in [-0.1, -0.05) is 11.6 Å². The first-order valence-electron chi connectivity index (χ1n) is 8.47. The highest BCUT2D eigenvalue weighted by Crippen LogP contribution is 2.41. The van der Waals surface area contributed by atoms with E-state index in [2.05, 4.69) is 27.1 Å². The van der Waals surface area contributed by atoms with Crippen molar-refractivity contribution in [1.82, 2.24) is 14.5 Å². The van der Waals surface area contributed by atoms with Crippen molar-refractivity contribution in [2.75, 3.05) is 43.4 Å². The molecular weight excluding hydrogens is 345 g/mol. The summed E-state index contributed by atoms with van der Waals surface area (Å²) in [6.45, 7) is 4.88. The number of rotatable bonds is 0. The van der Waals surface area contributed by atoms with Gasteiger partial charge in [0.2, 0.25) is 0 Å². The summed E-state index contributed by atoms with van der Waals surface area (Å²) in [5.41, 5.74) is 0.830. The van der Waals surface area contributed by atoms with E-state index < -0.39 is 11.5 Å². The highest BCUT2D eigenvalue weighted by Gasteiger charge is 2.32. The minimum atomic E-state index is -0.458. The lowest BCUT2D eigenvalue weighted by Crippen LogP contribution is -2.53. The van der Waals surface area contributed by atoms with E-state index in [0.29, 0.717) is 27.5 Å². The first-order chi connectivity index (χ1) is 11.9. The summed E-state index contributed by atoms with van der Waals surface area (Å²) in [4.78, 5) is 21.2. The molecule has 1 saturated heterocycles. The molecule has 0 saturated carbocycles. The Morgan fingerprint density at radius 2 is 2.08 bits per heavy atom. The predicted octanol–water partition coefficient (Wildman–Crippen LogP) is 1.97. The summed E-state index contributed by atoms with van der Waals surface area (Å²) in [6, 6.07) is 0.227. The van der Waals surface area contributed by atoms with E-state index in [1.165, 1.54) is 4.57 Å². The Morgan fingerprint density at radius 3 is 2.84 bits per heavy atom. The number of hydrogen-bond donors (Lipinski definition) is 1. The van der Waals surface area contributed by atoms with E-state index in [-0.39, 0.29) is 11.6 Å². The quantitative estimate of drug-likeness (QED) is 0.773. The van der Waals surface area contributed by atoms with Crippen molar-refractivity contribution < 1.29 is 4.39 Å². The topological polar surface area (TPSA) is 53.4 Å². The van der Waals surface area contributed by atoms with Crippen LogP contribution in [0.1, 0.15) is 12.0 Å². The Bertz CT molecular complexity index is 928. The Labute approximate surface area is 150 Å². The average Bonchev–Trinajstić information content (AvgIpc) is 2.57. The highest BCUT2D eigenvalue weighted by atomic mass is 35.5. The molecule has 0 radical (unpaired) electrons. The van der Waals surface area contributed by atoms with Gasteiger partial charge in [0.15, 0.2) is 5.82 Å². The second kappa shape index (κ2) is 5.85. The number of fused-ring (bicyclic) bond motifs is 2. The van der Waals surface area contributed by atoms with Gasteiger partial charge < -0.3 is 15.1 Å². The molecule has 2 aromatic rings. The van der Waals surface area contributed by atoms with E-state index in [0.717, 1.165) is 32.6 Å².